The molecule has 0 saturated heterocycles. The maximum Gasteiger partial charge on any atom is 0.244 e. The maximum absolute atomic E-state index is 9.95. The molecule has 1 aromatic heterocycles. The van der Waals surface area contributed by atoms with Crippen molar-refractivity contribution in [1.29, 1.82) is 10.7 Å². The van der Waals surface area contributed by atoms with E-state index in [0.29, 0.717) is 49.7 Å². The van der Waals surface area contributed by atoms with Crippen LogP contribution in [0.1, 0.15) is 17.0 Å². The molecule has 0 aliphatic carbocycles. The molecule has 0 spiro atoms. The highest BCUT2D eigenvalue weighted by atomic mass is 35.5. The van der Waals surface area contributed by atoms with E-state index in [2.05, 4.69) is 16.3 Å². The molecule has 2 aromatic carbocycles. The highest BCUT2D eigenvalue weighted by Crippen LogP contribution is 2.50. The lowest BCUT2D eigenvalue weighted by molar-refractivity contribution is 0.345. The SMILES string of the molecule is COc1cc(OC)c(C2c3c(n[nH]c3-c3ccc(Cl)c(Cl)c3)OC(=N)C2C#N)cc1OC. The van der Waals surface area contributed by atoms with Crippen LogP contribution in [0, 0.1) is 22.7 Å². The molecule has 0 amide bonds. The van der Waals surface area contributed by atoms with Gasteiger partial charge in [0.25, 0.3) is 0 Å². The van der Waals surface area contributed by atoms with Crippen molar-refractivity contribution in [3.63, 3.8) is 0 Å². The van der Waals surface area contributed by atoms with Crippen molar-refractivity contribution in [2.75, 3.05) is 21.3 Å². The molecule has 10 heteroatoms. The average molecular weight is 473 g/mol. The third kappa shape index (κ3) is 3.49. The van der Waals surface area contributed by atoms with Gasteiger partial charge in [-0.15, -0.1) is 5.10 Å². The van der Waals surface area contributed by atoms with Gasteiger partial charge in [-0.2, -0.15) is 5.26 Å². The van der Waals surface area contributed by atoms with Gasteiger partial charge in [0.1, 0.15) is 11.7 Å². The van der Waals surface area contributed by atoms with Gasteiger partial charge in [-0.25, -0.2) is 0 Å². The van der Waals surface area contributed by atoms with E-state index in [0.717, 1.165) is 0 Å². The topological polar surface area (TPSA) is 113 Å². The number of nitriles is 1. The van der Waals surface area contributed by atoms with E-state index in [1.165, 1.54) is 21.3 Å². The van der Waals surface area contributed by atoms with Gasteiger partial charge in [0.05, 0.1) is 48.7 Å². The first kappa shape index (κ1) is 21.8. The van der Waals surface area contributed by atoms with Crippen molar-refractivity contribution in [3.05, 3.63) is 51.5 Å². The number of methoxy groups -OCH3 is 3. The predicted molar refractivity (Wildman–Crippen MR) is 119 cm³/mol. The standard InChI is InChI=1S/C22H18Cl2N4O4/c1-29-15-8-17(31-3)16(30-2)7-11(15)18-12(9-25)21(26)32-22-19(18)20(27-28-22)10-4-5-13(23)14(24)6-10/h4-8,12,18,26H,1-3H3,(H,27,28). The first-order valence-corrected chi connectivity index (χ1v) is 10.2. The molecule has 8 nitrogen and oxygen atoms in total. The lowest BCUT2D eigenvalue weighted by Crippen LogP contribution is -2.31. The fourth-order valence-electron chi connectivity index (χ4n) is 3.82. The number of fused-ring (bicyclic) bond motifs is 1. The number of aromatic amines is 1. The number of aromatic nitrogens is 2. The second-order valence-electron chi connectivity index (χ2n) is 6.95. The van der Waals surface area contributed by atoms with Gasteiger partial charge in [-0.1, -0.05) is 29.3 Å². The number of benzene rings is 2. The fraction of sp³-hybridized carbons (Fsp3) is 0.227. The van der Waals surface area contributed by atoms with Crippen LogP contribution in [0.4, 0.5) is 0 Å². The average Bonchev–Trinajstić information content (AvgIpc) is 3.22. The number of hydrogen-bond donors (Lipinski definition) is 2. The number of nitrogens with zero attached hydrogens (tertiary/aromatic N) is 2. The van der Waals surface area contributed by atoms with Crippen molar-refractivity contribution < 1.29 is 18.9 Å². The quantitative estimate of drug-likeness (QED) is 0.536. The van der Waals surface area contributed by atoms with E-state index in [9.17, 15) is 5.26 Å². The van der Waals surface area contributed by atoms with E-state index < -0.39 is 11.8 Å². The zero-order valence-electron chi connectivity index (χ0n) is 17.3. The fourth-order valence-corrected chi connectivity index (χ4v) is 4.12. The minimum Gasteiger partial charge on any atom is -0.496 e. The molecule has 2 N–H and O–H groups in total. The monoisotopic (exact) mass is 472 g/mol. The van der Waals surface area contributed by atoms with Crippen LogP contribution < -0.4 is 18.9 Å². The smallest absolute Gasteiger partial charge is 0.244 e. The first-order chi connectivity index (χ1) is 15.4. The second kappa shape index (κ2) is 8.61. The summed E-state index contributed by atoms with van der Waals surface area (Å²) in [5, 5.41) is 26.2. The molecule has 2 unspecified atom stereocenters. The van der Waals surface area contributed by atoms with Crippen LogP contribution in [0.25, 0.3) is 11.3 Å². The third-order valence-corrected chi connectivity index (χ3v) is 6.06. The van der Waals surface area contributed by atoms with Gasteiger partial charge in [-0.3, -0.25) is 10.5 Å². The summed E-state index contributed by atoms with van der Waals surface area (Å²) >= 11 is 12.3. The van der Waals surface area contributed by atoms with Crippen molar-refractivity contribution in [1.82, 2.24) is 10.2 Å². The summed E-state index contributed by atoms with van der Waals surface area (Å²) in [6.07, 6.45) is 0. The molecular weight excluding hydrogens is 455 g/mol. The lowest BCUT2D eigenvalue weighted by Gasteiger charge is -2.29. The first-order valence-electron chi connectivity index (χ1n) is 9.42. The predicted octanol–water partition coefficient (Wildman–Crippen LogP) is 5.05. The minimum absolute atomic E-state index is 0.199. The molecule has 0 fully saturated rings. The molecule has 2 heterocycles. The Labute approximate surface area is 194 Å². The van der Waals surface area contributed by atoms with Crippen LogP contribution in [0.3, 0.4) is 0 Å². The van der Waals surface area contributed by atoms with Gasteiger partial charge < -0.3 is 18.9 Å². The number of halogens is 2. The number of nitrogens with one attached hydrogen (secondary N) is 2. The molecule has 4 rings (SSSR count). The summed E-state index contributed by atoms with van der Waals surface area (Å²) < 4.78 is 22.1. The van der Waals surface area contributed by atoms with E-state index in [4.69, 9.17) is 47.6 Å². The Kier molecular flexibility index (Phi) is 5.87. The summed E-state index contributed by atoms with van der Waals surface area (Å²) in [6.45, 7) is 0. The normalized spacial score (nSPS) is 17.2. The molecule has 0 radical (unpaired) electrons. The summed E-state index contributed by atoms with van der Waals surface area (Å²) in [5.41, 5.74) is 2.50. The second-order valence-corrected chi connectivity index (χ2v) is 7.76. The van der Waals surface area contributed by atoms with E-state index >= 15 is 0 Å². The van der Waals surface area contributed by atoms with Crippen LogP contribution in [0.5, 0.6) is 23.1 Å². The van der Waals surface area contributed by atoms with Crippen LogP contribution >= 0.6 is 23.2 Å². The Morgan fingerprint density at radius 1 is 1.03 bits per heavy atom. The van der Waals surface area contributed by atoms with Gasteiger partial charge in [0, 0.05) is 23.1 Å². The van der Waals surface area contributed by atoms with Crippen molar-refractivity contribution in [2.45, 2.75) is 5.92 Å². The molecule has 32 heavy (non-hydrogen) atoms. The van der Waals surface area contributed by atoms with Gasteiger partial charge >= 0.3 is 0 Å². The molecule has 0 bridgehead atoms. The van der Waals surface area contributed by atoms with Gasteiger partial charge in [-0.05, 0) is 18.2 Å². The number of rotatable bonds is 5. The van der Waals surface area contributed by atoms with Crippen LogP contribution in [-0.4, -0.2) is 37.4 Å². The number of ether oxygens (including phenoxy) is 4. The Balaban J connectivity index is 1.99. The van der Waals surface area contributed by atoms with Crippen molar-refractivity contribution >= 4 is 29.1 Å². The largest absolute Gasteiger partial charge is 0.496 e. The van der Waals surface area contributed by atoms with Crippen molar-refractivity contribution in [2.24, 2.45) is 5.92 Å². The molecule has 2 atom stereocenters. The highest BCUT2D eigenvalue weighted by molar-refractivity contribution is 6.42. The Hall–Kier alpha value is -3.41. The summed E-state index contributed by atoms with van der Waals surface area (Å²) in [4.78, 5) is 0. The number of H-pyrrole nitrogens is 1. The maximum atomic E-state index is 9.95. The Morgan fingerprint density at radius 3 is 2.34 bits per heavy atom. The molecule has 164 valence electrons. The van der Waals surface area contributed by atoms with E-state index in [1.54, 1.807) is 30.3 Å². The number of hydrogen-bond acceptors (Lipinski definition) is 7. The zero-order valence-corrected chi connectivity index (χ0v) is 18.8. The zero-order chi connectivity index (χ0) is 23.0. The third-order valence-electron chi connectivity index (χ3n) is 5.32. The van der Waals surface area contributed by atoms with E-state index in [1.807, 2.05) is 0 Å². The molecule has 0 saturated carbocycles. The van der Waals surface area contributed by atoms with Crippen molar-refractivity contribution in [3.8, 4) is 40.5 Å². The Morgan fingerprint density at radius 2 is 1.72 bits per heavy atom. The van der Waals surface area contributed by atoms with Gasteiger partial charge in [0.2, 0.25) is 11.8 Å². The molecule has 3 aromatic rings. The molecule has 1 aliphatic heterocycles. The molecule has 1 aliphatic rings. The van der Waals surface area contributed by atoms with Crippen LogP contribution in [0.15, 0.2) is 30.3 Å². The highest BCUT2D eigenvalue weighted by Gasteiger charge is 2.42. The van der Waals surface area contributed by atoms with Crippen LogP contribution in [0.2, 0.25) is 10.0 Å². The summed E-state index contributed by atoms with van der Waals surface area (Å²) in [6, 6.07) is 10.8. The lowest BCUT2D eigenvalue weighted by atomic mass is 9.78. The molecular formula is C22H18Cl2N4O4. The van der Waals surface area contributed by atoms with E-state index in [-0.39, 0.29) is 11.8 Å². The van der Waals surface area contributed by atoms with Crippen LogP contribution in [-0.2, 0) is 0 Å². The van der Waals surface area contributed by atoms with Gasteiger partial charge in [0.15, 0.2) is 11.5 Å². The Bertz CT molecular complexity index is 1250. The summed E-state index contributed by atoms with van der Waals surface area (Å²) in [5.74, 6) is -0.198. The summed E-state index contributed by atoms with van der Waals surface area (Å²) in [7, 11) is 4.56. The minimum atomic E-state index is -0.936.